The van der Waals surface area contributed by atoms with Gasteiger partial charge in [-0.25, -0.2) is 13.2 Å². The first-order chi connectivity index (χ1) is 20.4. The van der Waals surface area contributed by atoms with Gasteiger partial charge in [0.1, 0.15) is 41.4 Å². The third-order valence-corrected chi connectivity index (χ3v) is 9.29. The molecule has 0 radical (unpaired) electrons. The molecule has 5 heterocycles. The standard InChI is InChI=1S/C32H34F3N5O2/c1-2-22-25(34)8-7-19-13-21(41)14-23(26(19)22)28-27(35)29-24(16-36-28)30(39-10-4-3-5-11-39)38-31(37-29)42-18-32-9-6-12-40(32)17-20(33)15-32/h7-8,13-14,16,20,41H,2-6,9-12,15,17-18H2,1H3/t20-,32?/m1/s1. The van der Waals surface area contributed by atoms with E-state index in [1.807, 2.05) is 6.92 Å². The SMILES string of the molecule is CCc1c(F)ccc2cc(O)cc(-c3ncc4c(N5CCCCC5)nc(OCC56CCCN5C[C@H](F)C6)nc4c3F)c12. The lowest BCUT2D eigenvalue weighted by atomic mass is 9.94. The zero-order valence-electron chi connectivity index (χ0n) is 23.7. The van der Waals surface area contributed by atoms with Crippen LogP contribution in [0.4, 0.5) is 19.0 Å². The molecule has 2 aromatic carbocycles. The highest BCUT2D eigenvalue weighted by atomic mass is 19.1. The van der Waals surface area contributed by atoms with Crippen molar-refractivity contribution in [2.24, 2.45) is 0 Å². The normalized spacial score (nSPS) is 22.8. The minimum absolute atomic E-state index is 0.0328. The Balaban J connectivity index is 1.37. The van der Waals surface area contributed by atoms with E-state index in [9.17, 15) is 13.9 Å². The minimum atomic E-state index is -0.892. The maximum absolute atomic E-state index is 16.6. The van der Waals surface area contributed by atoms with Crippen molar-refractivity contribution in [1.29, 1.82) is 0 Å². The molecule has 0 aliphatic carbocycles. The molecular formula is C32H34F3N5O2. The van der Waals surface area contributed by atoms with Gasteiger partial charge in [-0.2, -0.15) is 9.97 Å². The van der Waals surface area contributed by atoms with Gasteiger partial charge in [-0.15, -0.1) is 0 Å². The molecule has 3 aliphatic rings. The van der Waals surface area contributed by atoms with E-state index in [1.54, 1.807) is 12.3 Å². The van der Waals surface area contributed by atoms with Gasteiger partial charge in [0.2, 0.25) is 0 Å². The fourth-order valence-corrected chi connectivity index (χ4v) is 7.30. The van der Waals surface area contributed by atoms with Crippen molar-refractivity contribution >= 4 is 27.5 Å². The van der Waals surface area contributed by atoms with Crippen LogP contribution in [0.5, 0.6) is 11.8 Å². The Morgan fingerprint density at radius 3 is 2.71 bits per heavy atom. The number of pyridine rings is 1. The molecule has 7 nitrogen and oxygen atoms in total. The number of benzene rings is 2. The summed E-state index contributed by atoms with van der Waals surface area (Å²) >= 11 is 0. The van der Waals surface area contributed by atoms with Crippen molar-refractivity contribution in [2.75, 3.05) is 37.7 Å². The maximum atomic E-state index is 16.6. The summed E-state index contributed by atoms with van der Waals surface area (Å²) in [6.07, 6.45) is 6.37. The van der Waals surface area contributed by atoms with E-state index >= 15 is 4.39 Å². The molecule has 3 aliphatic heterocycles. The number of aromatic nitrogens is 3. The molecular weight excluding hydrogens is 543 g/mol. The molecule has 0 amide bonds. The third kappa shape index (κ3) is 4.51. The number of ether oxygens (including phenoxy) is 1. The second kappa shape index (κ2) is 10.6. The molecule has 4 aromatic rings. The zero-order valence-corrected chi connectivity index (χ0v) is 23.7. The van der Waals surface area contributed by atoms with Crippen molar-refractivity contribution in [1.82, 2.24) is 19.9 Å². The Bertz CT molecular complexity index is 1680. The molecule has 1 N–H and O–H groups in total. The Kier molecular flexibility index (Phi) is 6.84. The Morgan fingerprint density at radius 2 is 1.90 bits per heavy atom. The van der Waals surface area contributed by atoms with E-state index in [0.717, 1.165) is 51.7 Å². The molecule has 2 aromatic heterocycles. The van der Waals surface area contributed by atoms with Crippen LogP contribution in [0.1, 0.15) is 51.0 Å². The second-order valence-corrected chi connectivity index (χ2v) is 11.9. The number of rotatable bonds is 6. The maximum Gasteiger partial charge on any atom is 0.319 e. The quantitative estimate of drug-likeness (QED) is 0.287. The second-order valence-electron chi connectivity index (χ2n) is 11.9. The molecule has 220 valence electrons. The Labute approximate surface area is 242 Å². The summed E-state index contributed by atoms with van der Waals surface area (Å²) in [5, 5.41) is 12.1. The largest absolute Gasteiger partial charge is 0.508 e. The van der Waals surface area contributed by atoms with Gasteiger partial charge >= 0.3 is 6.01 Å². The number of aryl methyl sites for hydroxylation is 1. The van der Waals surface area contributed by atoms with Gasteiger partial charge in [0.25, 0.3) is 0 Å². The molecule has 42 heavy (non-hydrogen) atoms. The number of phenolic OH excluding ortho intramolecular Hbond substituents is 1. The van der Waals surface area contributed by atoms with Gasteiger partial charge in [-0.3, -0.25) is 9.88 Å². The molecule has 3 saturated heterocycles. The number of aromatic hydroxyl groups is 1. The molecule has 0 saturated carbocycles. The average molecular weight is 578 g/mol. The van der Waals surface area contributed by atoms with E-state index in [0.29, 0.717) is 52.5 Å². The Hall–Kier alpha value is -3.66. The van der Waals surface area contributed by atoms with Crippen LogP contribution >= 0.6 is 0 Å². The predicted molar refractivity (Wildman–Crippen MR) is 156 cm³/mol. The van der Waals surface area contributed by atoms with Crippen molar-refractivity contribution in [2.45, 2.75) is 63.6 Å². The number of fused-ring (bicyclic) bond motifs is 3. The van der Waals surface area contributed by atoms with E-state index in [1.165, 1.54) is 18.2 Å². The van der Waals surface area contributed by atoms with Crippen LogP contribution in [0.15, 0.2) is 30.5 Å². The summed E-state index contributed by atoms with van der Waals surface area (Å²) in [6.45, 7) is 4.85. The fraction of sp³-hybridized carbons (Fsp3) is 0.469. The summed E-state index contributed by atoms with van der Waals surface area (Å²) in [7, 11) is 0. The molecule has 1 unspecified atom stereocenters. The van der Waals surface area contributed by atoms with E-state index in [4.69, 9.17) is 9.72 Å². The van der Waals surface area contributed by atoms with E-state index < -0.39 is 23.3 Å². The summed E-state index contributed by atoms with van der Waals surface area (Å²) < 4.78 is 52.1. The summed E-state index contributed by atoms with van der Waals surface area (Å²) in [6, 6.07) is 5.94. The van der Waals surface area contributed by atoms with Crippen molar-refractivity contribution in [3.05, 3.63) is 47.7 Å². The molecule has 0 bridgehead atoms. The lowest BCUT2D eigenvalue weighted by Gasteiger charge is -2.31. The van der Waals surface area contributed by atoms with Crippen LogP contribution in [0.2, 0.25) is 0 Å². The number of nitrogens with zero attached hydrogens (tertiary/aromatic N) is 5. The molecule has 0 spiro atoms. The highest BCUT2D eigenvalue weighted by molar-refractivity contribution is 6.01. The number of anilines is 1. The summed E-state index contributed by atoms with van der Waals surface area (Å²) in [5.74, 6) is -0.603. The van der Waals surface area contributed by atoms with Crippen LogP contribution < -0.4 is 9.64 Å². The molecule has 3 fully saturated rings. The van der Waals surface area contributed by atoms with E-state index in [2.05, 4.69) is 19.8 Å². The van der Waals surface area contributed by atoms with Crippen LogP contribution in [0.3, 0.4) is 0 Å². The monoisotopic (exact) mass is 577 g/mol. The van der Waals surface area contributed by atoms with Crippen molar-refractivity contribution in [3.63, 3.8) is 0 Å². The number of piperidine rings is 1. The predicted octanol–water partition coefficient (Wildman–Crippen LogP) is 6.34. The minimum Gasteiger partial charge on any atom is -0.508 e. The first-order valence-corrected chi connectivity index (χ1v) is 14.9. The van der Waals surface area contributed by atoms with Crippen molar-refractivity contribution < 1.29 is 23.0 Å². The number of alkyl halides is 1. The summed E-state index contributed by atoms with van der Waals surface area (Å²) in [5.41, 5.74) is 0.336. The van der Waals surface area contributed by atoms with Crippen molar-refractivity contribution in [3.8, 4) is 23.0 Å². The lowest BCUT2D eigenvalue weighted by molar-refractivity contribution is 0.107. The van der Waals surface area contributed by atoms with Gasteiger partial charge in [0, 0.05) is 37.8 Å². The van der Waals surface area contributed by atoms with E-state index in [-0.39, 0.29) is 29.6 Å². The smallest absolute Gasteiger partial charge is 0.319 e. The number of phenols is 1. The average Bonchev–Trinajstić information content (AvgIpc) is 3.52. The molecule has 10 heteroatoms. The summed E-state index contributed by atoms with van der Waals surface area (Å²) in [4.78, 5) is 18.1. The number of hydrogen-bond donors (Lipinski definition) is 1. The highest BCUT2D eigenvalue weighted by Crippen LogP contribution is 2.42. The topological polar surface area (TPSA) is 74.6 Å². The number of halogens is 3. The van der Waals surface area contributed by atoms with Gasteiger partial charge in [0.15, 0.2) is 5.82 Å². The van der Waals surface area contributed by atoms with Gasteiger partial charge in [-0.05, 0) is 79.6 Å². The van der Waals surface area contributed by atoms with Gasteiger partial charge in [-0.1, -0.05) is 13.0 Å². The van der Waals surface area contributed by atoms with Crippen LogP contribution in [0, 0.1) is 11.6 Å². The van der Waals surface area contributed by atoms with Crippen LogP contribution in [-0.4, -0.2) is 69.5 Å². The molecule has 2 atom stereocenters. The van der Waals surface area contributed by atoms with Gasteiger partial charge < -0.3 is 14.7 Å². The fourth-order valence-electron chi connectivity index (χ4n) is 7.30. The highest BCUT2D eigenvalue weighted by Gasteiger charge is 2.49. The third-order valence-electron chi connectivity index (χ3n) is 9.29. The first kappa shape index (κ1) is 27.2. The molecule has 7 rings (SSSR count). The van der Waals surface area contributed by atoms with Gasteiger partial charge in [0.05, 0.1) is 10.9 Å². The Morgan fingerprint density at radius 1 is 1.07 bits per heavy atom. The lowest BCUT2D eigenvalue weighted by Crippen LogP contribution is -2.43. The van der Waals surface area contributed by atoms with Crippen LogP contribution in [0.25, 0.3) is 32.9 Å². The number of hydrogen-bond acceptors (Lipinski definition) is 7. The zero-order chi connectivity index (χ0) is 29.0. The van der Waals surface area contributed by atoms with Crippen LogP contribution in [-0.2, 0) is 6.42 Å². The first-order valence-electron chi connectivity index (χ1n) is 14.9.